The molecule has 0 spiro atoms. The third-order valence-electron chi connectivity index (χ3n) is 6.23. The molecule has 0 aliphatic heterocycles. The average molecular weight is 572 g/mol. The zero-order chi connectivity index (χ0) is 28.6. The number of sulfonamides is 1. The van der Waals surface area contributed by atoms with Gasteiger partial charge in [-0.05, 0) is 61.7 Å². The van der Waals surface area contributed by atoms with Gasteiger partial charge in [0.05, 0.1) is 17.7 Å². The Hall–Kier alpha value is -3.56. The third-order valence-corrected chi connectivity index (χ3v) is 8.37. The molecule has 0 fully saturated rings. The molecule has 2 amide bonds. The summed E-state index contributed by atoms with van der Waals surface area (Å²) in [5, 5.41) is 3.25. The summed E-state index contributed by atoms with van der Waals surface area (Å²) in [6.45, 7) is 5.27. The first-order chi connectivity index (χ1) is 18.6. The standard InChI is InChI=1S/C29H34ClN3O5S/c1-5-17-31-29(35)22(3)32(19-23-11-9-10-14-25(23)30)28(34)20-33(26-18-21(2)15-16-27(26)38-4)39(36,37)24-12-7-6-8-13-24/h6-16,18,22H,5,17,19-20H2,1-4H3,(H,31,35). The molecule has 0 aromatic heterocycles. The fourth-order valence-electron chi connectivity index (χ4n) is 4.02. The van der Waals surface area contributed by atoms with Gasteiger partial charge in [0, 0.05) is 18.1 Å². The number of halogens is 1. The minimum absolute atomic E-state index is 0.0173. The summed E-state index contributed by atoms with van der Waals surface area (Å²) in [5.41, 5.74) is 1.63. The van der Waals surface area contributed by atoms with E-state index in [0.717, 1.165) is 16.3 Å². The van der Waals surface area contributed by atoms with E-state index >= 15 is 0 Å². The zero-order valence-electron chi connectivity index (χ0n) is 22.6. The fraction of sp³-hybridized carbons (Fsp3) is 0.310. The van der Waals surface area contributed by atoms with Crippen molar-refractivity contribution in [2.24, 2.45) is 0 Å². The van der Waals surface area contributed by atoms with Crippen LogP contribution in [0.2, 0.25) is 5.02 Å². The Morgan fingerprint density at radius 3 is 2.33 bits per heavy atom. The van der Waals surface area contributed by atoms with Gasteiger partial charge in [-0.3, -0.25) is 13.9 Å². The summed E-state index contributed by atoms with van der Waals surface area (Å²) in [5.74, 6) is -0.626. The number of nitrogens with zero attached hydrogens (tertiary/aromatic N) is 2. The van der Waals surface area contributed by atoms with E-state index in [-0.39, 0.29) is 23.0 Å². The van der Waals surface area contributed by atoms with Gasteiger partial charge in [0.1, 0.15) is 18.3 Å². The number of carbonyl (C=O) groups excluding carboxylic acids is 2. The summed E-state index contributed by atoms with van der Waals surface area (Å²) in [6, 6.07) is 19.1. The number of amides is 2. The van der Waals surface area contributed by atoms with Crippen molar-refractivity contribution in [2.45, 2.75) is 44.7 Å². The Balaban J connectivity index is 2.09. The van der Waals surface area contributed by atoms with Crippen molar-refractivity contribution in [3.05, 3.63) is 88.9 Å². The van der Waals surface area contributed by atoms with Gasteiger partial charge >= 0.3 is 0 Å². The van der Waals surface area contributed by atoms with Crippen LogP contribution in [0.15, 0.2) is 77.7 Å². The number of rotatable bonds is 12. The Morgan fingerprint density at radius 2 is 1.69 bits per heavy atom. The van der Waals surface area contributed by atoms with Crippen LogP contribution in [0.3, 0.4) is 0 Å². The SMILES string of the molecule is CCCNC(=O)C(C)N(Cc1ccccc1Cl)C(=O)CN(c1cc(C)ccc1OC)S(=O)(=O)c1ccccc1. The Labute approximate surface area is 235 Å². The van der Waals surface area contributed by atoms with Crippen LogP contribution in [-0.2, 0) is 26.2 Å². The largest absolute Gasteiger partial charge is 0.495 e. The number of ether oxygens (including phenoxy) is 1. The topological polar surface area (TPSA) is 96.0 Å². The highest BCUT2D eigenvalue weighted by Gasteiger charge is 2.34. The van der Waals surface area contributed by atoms with E-state index in [1.807, 2.05) is 13.8 Å². The highest BCUT2D eigenvalue weighted by Crippen LogP contribution is 2.33. The van der Waals surface area contributed by atoms with Crippen molar-refractivity contribution in [1.29, 1.82) is 0 Å². The number of anilines is 1. The van der Waals surface area contributed by atoms with Crippen LogP contribution in [0.5, 0.6) is 5.75 Å². The maximum absolute atomic E-state index is 14.0. The second kappa shape index (κ2) is 13.5. The zero-order valence-corrected chi connectivity index (χ0v) is 24.1. The van der Waals surface area contributed by atoms with Crippen LogP contribution in [0.4, 0.5) is 5.69 Å². The molecule has 10 heteroatoms. The Bertz CT molecular complexity index is 1400. The smallest absolute Gasteiger partial charge is 0.264 e. The van der Waals surface area contributed by atoms with E-state index in [1.165, 1.54) is 24.1 Å². The molecule has 1 atom stereocenters. The fourth-order valence-corrected chi connectivity index (χ4v) is 5.65. The van der Waals surface area contributed by atoms with Crippen LogP contribution >= 0.6 is 11.6 Å². The first-order valence-corrected chi connectivity index (χ1v) is 14.4. The molecule has 8 nitrogen and oxygen atoms in total. The van der Waals surface area contributed by atoms with Gasteiger partial charge in [-0.1, -0.05) is 61.0 Å². The minimum Gasteiger partial charge on any atom is -0.495 e. The van der Waals surface area contributed by atoms with Gasteiger partial charge in [0.2, 0.25) is 11.8 Å². The molecule has 3 aromatic rings. The van der Waals surface area contributed by atoms with Crippen LogP contribution in [0.25, 0.3) is 0 Å². The van der Waals surface area contributed by atoms with Crippen molar-refractivity contribution in [3.8, 4) is 5.75 Å². The van der Waals surface area contributed by atoms with Gasteiger partial charge in [0.15, 0.2) is 0 Å². The molecule has 1 N–H and O–H groups in total. The van der Waals surface area contributed by atoms with E-state index in [4.69, 9.17) is 16.3 Å². The summed E-state index contributed by atoms with van der Waals surface area (Å²) < 4.78 is 34.4. The molecule has 0 aliphatic carbocycles. The van der Waals surface area contributed by atoms with E-state index in [1.54, 1.807) is 67.6 Å². The molecular formula is C29H34ClN3O5S. The van der Waals surface area contributed by atoms with Gasteiger partial charge in [-0.15, -0.1) is 0 Å². The number of carbonyl (C=O) groups is 2. The quantitative estimate of drug-likeness (QED) is 0.337. The molecule has 0 saturated heterocycles. The van der Waals surface area contributed by atoms with Gasteiger partial charge in [0.25, 0.3) is 10.0 Å². The normalized spacial score (nSPS) is 11.9. The van der Waals surface area contributed by atoms with Crippen molar-refractivity contribution in [2.75, 3.05) is 24.5 Å². The highest BCUT2D eigenvalue weighted by molar-refractivity contribution is 7.92. The molecule has 3 rings (SSSR count). The first kappa shape index (κ1) is 30.0. The molecule has 0 radical (unpaired) electrons. The van der Waals surface area contributed by atoms with Gasteiger partial charge < -0.3 is 15.0 Å². The van der Waals surface area contributed by atoms with Crippen LogP contribution in [0, 0.1) is 6.92 Å². The molecule has 0 saturated carbocycles. The summed E-state index contributed by atoms with van der Waals surface area (Å²) in [4.78, 5) is 28.3. The van der Waals surface area contributed by atoms with Crippen LogP contribution in [-0.4, -0.2) is 51.4 Å². The first-order valence-electron chi connectivity index (χ1n) is 12.6. The van der Waals surface area contributed by atoms with E-state index in [0.29, 0.717) is 22.9 Å². The maximum atomic E-state index is 14.0. The van der Waals surface area contributed by atoms with Crippen molar-refractivity contribution in [3.63, 3.8) is 0 Å². The van der Waals surface area contributed by atoms with Crippen LogP contribution < -0.4 is 14.4 Å². The monoisotopic (exact) mass is 571 g/mol. The highest BCUT2D eigenvalue weighted by atomic mass is 35.5. The number of hydrogen-bond acceptors (Lipinski definition) is 5. The second-order valence-electron chi connectivity index (χ2n) is 9.08. The lowest BCUT2D eigenvalue weighted by atomic mass is 10.1. The summed E-state index contributed by atoms with van der Waals surface area (Å²) in [7, 11) is -2.76. The third kappa shape index (κ3) is 7.30. The molecule has 39 heavy (non-hydrogen) atoms. The number of benzene rings is 3. The molecular weight excluding hydrogens is 538 g/mol. The number of methoxy groups -OCH3 is 1. The predicted molar refractivity (Wildman–Crippen MR) is 153 cm³/mol. The van der Waals surface area contributed by atoms with E-state index in [9.17, 15) is 18.0 Å². The lowest BCUT2D eigenvalue weighted by Gasteiger charge is -2.32. The van der Waals surface area contributed by atoms with Crippen LogP contribution in [0.1, 0.15) is 31.4 Å². The second-order valence-corrected chi connectivity index (χ2v) is 11.3. The van der Waals surface area contributed by atoms with Gasteiger partial charge in [-0.2, -0.15) is 0 Å². The lowest BCUT2D eigenvalue weighted by Crippen LogP contribution is -2.51. The number of nitrogens with one attached hydrogen (secondary N) is 1. The summed E-state index contributed by atoms with van der Waals surface area (Å²) in [6.07, 6.45) is 0.729. The molecule has 0 aliphatic rings. The Kier molecular flexibility index (Phi) is 10.4. The number of aryl methyl sites for hydroxylation is 1. The Morgan fingerprint density at radius 1 is 1.03 bits per heavy atom. The maximum Gasteiger partial charge on any atom is 0.264 e. The lowest BCUT2D eigenvalue weighted by molar-refractivity contribution is -0.139. The van der Waals surface area contributed by atoms with Gasteiger partial charge in [-0.25, -0.2) is 8.42 Å². The molecule has 0 bridgehead atoms. The van der Waals surface area contributed by atoms with E-state index < -0.39 is 28.5 Å². The minimum atomic E-state index is -4.19. The number of hydrogen-bond donors (Lipinski definition) is 1. The predicted octanol–water partition coefficient (Wildman–Crippen LogP) is 4.80. The summed E-state index contributed by atoms with van der Waals surface area (Å²) >= 11 is 6.39. The van der Waals surface area contributed by atoms with Crippen molar-refractivity contribution >= 4 is 39.1 Å². The average Bonchev–Trinajstić information content (AvgIpc) is 2.94. The van der Waals surface area contributed by atoms with Crippen molar-refractivity contribution < 1.29 is 22.7 Å². The molecule has 3 aromatic carbocycles. The molecule has 0 heterocycles. The van der Waals surface area contributed by atoms with Crippen molar-refractivity contribution in [1.82, 2.24) is 10.2 Å². The molecule has 1 unspecified atom stereocenters. The molecule has 208 valence electrons. The van der Waals surface area contributed by atoms with E-state index in [2.05, 4.69) is 5.32 Å².